The number of anilines is 1. The molecule has 0 bridgehead atoms. The monoisotopic (exact) mass is 280 g/mol. The number of benzene rings is 1. The van der Waals surface area contributed by atoms with E-state index in [9.17, 15) is 12.8 Å². The van der Waals surface area contributed by atoms with Crippen molar-refractivity contribution in [3.05, 3.63) is 53.6 Å². The minimum atomic E-state index is -3.80. The third-order valence-electron chi connectivity index (χ3n) is 2.59. The summed E-state index contributed by atoms with van der Waals surface area (Å²) in [5.41, 5.74) is 1.58. The number of aromatic nitrogens is 1. The predicted molar refractivity (Wildman–Crippen MR) is 70.9 cm³/mol. The number of halogens is 1. The molecule has 100 valence electrons. The minimum Gasteiger partial charge on any atom is -0.280 e. The highest BCUT2D eigenvalue weighted by molar-refractivity contribution is 7.92. The van der Waals surface area contributed by atoms with Crippen molar-refractivity contribution in [3.63, 3.8) is 0 Å². The first-order valence-electron chi connectivity index (χ1n) is 5.60. The molecule has 0 saturated heterocycles. The molecule has 2 rings (SSSR count). The molecule has 0 aliphatic carbocycles. The van der Waals surface area contributed by atoms with Crippen LogP contribution in [0.25, 0.3) is 0 Å². The molecule has 6 heteroatoms. The van der Waals surface area contributed by atoms with E-state index >= 15 is 0 Å². The maximum Gasteiger partial charge on any atom is 0.262 e. The molecule has 1 aromatic carbocycles. The summed E-state index contributed by atoms with van der Waals surface area (Å²) in [4.78, 5) is 3.91. The molecule has 1 N–H and O–H groups in total. The number of pyridine rings is 1. The second-order valence-electron chi connectivity index (χ2n) is 4.20. The molecule has 0 amide bonds. The fraction of sp³-hybridized carbons (Fsp3) is 0.154. The topological polar surface area (TPSA) is 59.1 Å². The molecule has 0 saturated carbocycles. The summed E-state index contributed by atoms with van der Waals surface area (Å²) in [7, 11) is -3.80. The van der Waals surface area contributed by atoms with Crippen LogP contribution in [0, 0.1) is 19.7 Å². The quantitative estimate of drug-likeness (QED) is 0.940. The fourth-order valence-corrected chi connectivity index (χ4v) is 2.99. The summed E-state index contributed by atoms with van der Waals surface area (Å²) in [5.74, 6) is -0.586. The summed E-state index contributed by atoms with van der Waals surface area (Å²) in [6.45, 7) is 3.37. The van der Waals surface area contributed by atoms with Crippen molar-refractivity contribution in [3.8, 4) is 0 Å². The third kappa shape index (κ3) is 3.08. The van der Waals surface area contributed by atoms with Crippen LogP contribution in [0.15, 0.2) is 41.4 Å². The van der Waals surface area contributed by atoms with Gasteiger partial charge in [-0.25, -0.2) is 12.8 Å². The molecule has 0 radical (unpaired) electrons. The van der Waals surface area contributed by atoms with Crippen LogP contribution in [0.3, 0.4) is 0 Å². The molecule has 0 unspecified atom stereocenters. The van der Waals surface area contributed by atoms with E-state index < -0.39 is 15.8 Å². The van der Waals surface area contributed by atoms with Crippen LogP contribution in [0.5, 0.6) is 0 Å². The Morgan fingerprint density at radius 3 is 2.58 bits per heavy atom. The van der Waals surface area contributed by atoms with Gasteiger partial charge in [-0.3, -0.25) is 9.71 Å². The average Bonchev–Trinajstić information content (AvgIpc) is 2.31. The Morgan fingerprint density at radius 1 is 1.16 bits per heavy atom. The molecule has 0 spiro atoms. The van der Waals surface area contributed by atoms with Gasteiger partial charge in [0.15, 0.2) is 0 Å². The number of hydrogen-bond acceptors (Lipinski definition) is 3. The van der Waals surface area contributed by atoms with Gasteiger partial charge in [-0.1, -0.05) is 6.07 Å². The van der Waals surface area contributed by atoms with E-state index in [0.717, 1.165) is 6.07 Å². The lowest BCUT2D eigenvalue weighted by atomic mass is 10.2. The van der Waals surface area contributed by atoms with Crippen molar-refractivity contribution < 1.29 is 12.8 Å². The zero-order valence-corrected chi connectivity index (χ0v) is 11.3. The number of rotatable bonds is 3. The van der Waals surface area contributed by atoms with Gasteiger partial charge in [0.2, 0.25) is 0 Å². The van der Waals surface area contributed by atoms with Crippen molar-refractivity contribution >= 4 is 15.7 Å². The van der Waals surface area contributed by atoms with Crippen molar-refractivity contribution in [2.45, 2.75) is 18.7 Å². The van der Waals surface area contributed by atoms with E-state index in [4.69, 9.17) is 0 Å². The Labute approximate surface area is 111 Å². The maximum absolute atomic E-state index is 13.2. The number of sulfonamides is 1. The Bertz CT molecular complexity index is 714. The maximum atomic E-state index is 13.2. The molecule has 4 nitrogen and oxygen atoms in total. The van der Waals surface area contributed by atoms with E-state index in [-0.39, 0.29) is 4.90 Å². The molecule has 0 fully saturated rings. The standard InChI is InChI=1S/C13H13FN2O2S/c1-9-3-4-11(14)8-13(9)19(17,18)16-12-5-6-15-10(2)7-12/h3-8H,1-2H3,(H,15,16). The smallest absolute Gasteiger partial charge is 0.262 e. The number of nitrogens with one attached hydrogen (secondary N) is 1. The molecule has 0 aliphatic rings. The highest BCUT2D eigenvalue weighted by atomic mass is 32.2. The Kier molecular flexibility index (Phi) is 3.53. The van der Waals surface area contributed by atoms with Gasteiger partial charge in [0.25, 0.3) is 10.0 Å². The van der Waals surface area contributed by atoms with Crippen molar-refractivity contribution in [1.82, 2.24) is 4.98 Å². The SMILES string of the molecule is Cc1cc(NS(=O)(=O)c2cc(F)ccc2C)ccn1. The van der Waals surface area contributed by atoms with E-state index in [1.807, 2.05) is 0 Å². The van der Waals surface area contributed by atoms with Crippen LogP contribution >= 0.6 is 0 Å². The van der Waals surface area contributed by atoms with E-state index in [0.29, 0.717) is 16.9 Å². The van der Waals surface area contributed by atoms with Crippen molar-refractivity contribution in [2.24, 2.45) is 0 Å². The first-order chi connectivity index (χ1) is 8.88. The normalized spacial score (nSPS) is 11.3. The largest absolute Gasteiger partial charge is 0.280 e. The number of aryl methyl sites for hydroxylation is 2. The van der Waals surface area contributed by atoms with Crippen molar-refractivity contribution in [1.29, 1.82) is 0 Å². The minimum absolute atomic E-state index is 0.0676. The molecule has 0 aliphatic heterocycles. The lowest BCUT2D eigenvalue weighted by Gasteiger charge is -2.10. The summed E-state index contributed by atoms with van der Waals surface area (Å²) >= 11 is 0. The van der Waals surface area contributed by atoms with Gasteiger partial charge >= 0.3 is 0 Å². The first-order valence-corrected chi connectivity index (χ1v) is 7.08. The molecule has 1 heterocycles. The Hall–Kier alpha value is -1.95. The van der Waals surface area contributed by atoms with Gasteiger partial charge in [0.05, 0.1) is 10.6 Å². The second-order valence-corrected chi connectivity index (χ2v) is 5.85. The van der Waals surface area contributed by atoms with Crippen LogP contribution in [0.2, 0.25) is 0 Å². The Morgan fingerprint density at radius 2 is 1.89 bits per heavy atom. The van der Waals surface area contributed by atoms with Crippen LogP contribution in [-0.4, -0.2) is 13.4 Å². The molecule has 1 aromatic heterocycles. The van der Waals surface area contributed by atoms with Crippen LogP contribution in [0.1, 0.15) is 11.3 Å². The lowest BCUT2D eigenvalue weighted by Crippen LogP contribution is -2.14. The molecular formula is C13H13FN2O2S. The summed E-state index contributed by atoms with van der Waals surface area (Å²) in [6, 6.07) is 6.81. The first kappa shape index (κ1) is 13.5. The van der Waals surface area contributed by atoms with Crippen molar-refractivity contribution in [2.75, 3.05) is 4.72 Å². The van der Waals surface area contributed by atoms with E-state index in [2.05, 4.69) is 9.71 Å². The zero-order chi connectivity index (χ0) is 14.0. The van der Waals surface area contributed by atoms with Crippen LogP contribution < -0.4 is 4.72 Å². The third-order valence-corrected chi connectivity index (χ3v) is 4.11. The van der Waals surface area contributed by atoms with E-state index in [1.54, 1.807) is 26.0 Å². The summed E-state index contributed by atoms with van der Waals surface area (Å²) < 4.78 is 40.0. The summed E-state index contributed by atoms with van der Waals surface area (Å²) in [6.07, 6.45) is 1.51. The lowest BCUT2D eigenvalue weighted by molar-refractivity contribution is 0.594. The molecular weight excluding hydrogens is 267 g/mol. The van der Waals surface area contributed by atoms with Gasteiger partial charge in [-0.2, -0.15) is 0 Å². The molecule has 19 heavy (non-hydrogen) atoms. The average molecular weight is 280 g/mol. The van der Waals surface area contributed by atoms with Crippen LogP contribution in [0.4, 0.5) is 10.1 Å². The highest BCUT2D eigenvalue weighted by Gasteiger charge is 2.17. The highest BCUT2D eigenvalue weighted by Crippen LogP contribution is 2.20. The number of hydrogen-bond donors (Lipinski definition) is 1. The van der Waals surface area contributed by atoms with Gasteiger partial charge in [0.1, 0.15) is 5.82 Å². The van der Waals surface area contributed by atoms with Gasteiger partial charge in [-0.15, -0.1) is 0 Å². The Balaban J connectivity index is 2.40. The van der Waals surface area contributed by atoms with E-state index in [1.165, 1.54) is 18.3 Å². The number of nitrogens with zero attached hydrogens (tertiary/aromatic N) is 1. The fourth-order valence-electron chi connectivity index (χ4n) is 1.68. The second kappa shape index (κ2) is 4.97. The van der Waals surface area contributed by atoms with Gasteiger partial charge in [0, 0.05) is 11.9 Å². The predicted octanol–water partition coefficient (Wildman–Crippen LogP) is 2.64. The molecule has 0 atom stereocenters. The van der Waals surface area contributed by atoms with Gasteiger partial charge in [-0.05, 0) is 43.7 Å². The summed E-state index contributed by atoms with van der Waals surface area (Å²) in [5, 5.41) is 0. The zero-order valence-electron chi connectivity index (χ0n) is 10.5. The molecule has 2 aromatic rings. The van der Waals surface area contributed by atoms with Crippen LogP contribution in [-0.2, 0) is 10.0 Å². The van der Waals surface area contributed by atoms with Gasteiger partial charge < -0.3 is 0 Å².